The molecule has 11 N–H and O–H groups in total. The number of guanidine groups is 1. The first kappa shape index (κ1) is 29.1. The zero-order valence-corrected chi connectivity index (χ0v) is 19.0. The summed E-state index contributed by atoms with van der Waals surface area (Å²) < 4.78 is 0. The molecule has 0 aliphatic heterocycles. The fourth-order valence-electron chi connectivity index (χ4n) is 2.71. The third kappa shape index (κ3) is 11.5. The molecular formula is C19H37N7O6. The maximum Gasteiger partial charge on any atom is 0.326 e. The average Bonchev–Trinajstić information content (AvgIpc) is 2.66. The van der Waals surface area contributed by atoms with E-state index in [1.165, 1.54) is 13.8 Å². The lowest BCUT2D eigenvalue weighted by atomic mass is 10.0. The molecule has 0 bridgehead atoms. The molecule has 0 radical (unpaired) electrons. The van der Waals surface area contributed by atoms with Gasteiger partial charge in [0, 0.05) is 6.54 Å². The quantitative estimate of drug-likeness (QED) is 0.0768. The highest BCUT2D eigenvalue weighted by molar-refractivity contribution is 5.94. The molecule has 0 aliphatic rings. The van der Waals surface area contributed by atoms with Crippen LogP contribution in [0.1, 0.15) is 47.0 Å². The number of nitrogens with two attached hydrogens (primary N) is 3. The summed E-state index contributed by atoms with van der Waals surface area (Å²) in [6.07, 6.45) is -0.498. The van der Waals surface area contributed by atoms with Crippen molar-refractivity contribution in [2.75, 3.05) is 6.54 Å². The number of aliphatic imine (C=N–C) groups is 1. The van der Waals surface area contributed by atoms with Gasteiger partial charge in [-0.3, -0.25) is 19.4 Å². The van der Waals surface area contributed by atoms with Gasteiger partial charge in [0.15, 0.2) is 5.96 Å². The van der Waals surface area contributed by atoms with Crippen molar-refractivity contribution < 1.29 is 29.4 Å². The number of nitrogens with zero attached hydrogens (tertiary/aromatic N) is 1. The van der Waals surface area contributed by atoms with Gasteiger partial charge in [0.25, 0.3) is 0 Å². The summed E-state index contributed by atoms with van der Waals surface area (Å²) in [5.41, 5.74) is 16.2. The van der Waals surface area contributed by atoms with Crippen molar-refractivity contribution in [2.45, 2.75) is 77.2 Å². The zero-order chi connectivity index (χ0) is 25.0. The standard InChI is InChI=1S/C19H37N7O6/c1-9(2)8-12(20)16(29)26-14(11(4)27)17(30)24-10(3)15(28)25-13(18(31)32)6-5-7-23-19(21)22/h9-14,27H,5-8,20H2,1-4H3,(H,24,30)(H,25,28)(H,26,29)(H,31,32)(H4,21,22,23). The summed E-state index contributed by atoms with van der Waals surface area (Å²) in [4.78, 5) is 52.2. The van der Waals surface area contributed by atoms with Gasteiger partial charge in [-0.2, -0.15) is 0 Å². The molecule has 0 aromatic rings. The molecule has 0 aromatic heterocycles. The first-order chi connectivity index (χ1) is 14.8. The van der Waals surface area contributed by atoms with E-state index in [-0.39, 0.29) is 24.8 Å². The molecule has 0 saturated heterocycles. The molecule has 5 unspecified atom stereocenters. The highest BCUT2D eigenvalue weighted by Gasteiger charge is 2.30. The Morgan fingerprint density at radius 2 is 1.53 bits per heavy atom. The summed E-state index contributed by atoms with van der Waals surface area (Å²) in [5, 5.41) is 26.3. The molecule has 0 aliphatic carbocycles. The fraction of sp³-hybridized carbons (Fsp3) is 0.737. The average molecular weight is 460 g/mol. The number of nitrogens with one attached hydrogen (secondary N) is 3. The van der Waals surface area contributed by atoms with Crippen LogP contribution in [-0.2, 0) is 19.2 Å². The number of rotatable bonds is 14. The van der Waals surface area contributed by atoms with Gasteiger partial charge in [-0.1, -0.05) is 13.8 Å². The van der Waals surface area contributed by atoms with Gasteiger partial charge < -0.3 is 43.4 Å². The van der Waals surface area contributed by atoms with Crippen LogP contribution in [-0.4, -0.2) is 76.7 Å². The molecule has 0 rings (SSSR count). The van der Waals surface area contributed by atoms with Crippen molar-refractivity contribution in [3.63, 3.8) is 0 Å². The van der Waals surface area contributed by atoms with E-state index in [1.54, 1.807) is 0 Å². The normalized spacial score (nSPS) is 15.6. The van der Waals surface area contributed by atoms with E-state index >= 15 is 0 Å². The molecule has 0 aromatic carbocycles. The van der Waals surface area contributed by atoms with Crippen LogP contribution in [0.25, 0.3) is 0 Å². The van der Waals surface area contributed by atoms with Crippen LogP contribution in [0.3, 0.4) is 0 Å². The van der Waals surface area contributed by atoms with Crippen LogP contribution in [0.4, 0.5) is 0 Å². The minimum absolute atomic E-state index is 0.0681. The number of aliphatic carboxylic acids is 1. The monoisotopic (exact) mass is 459 g/mol. The second kappa shape index (κ2) is 14.2. The van der Waals surface area contributed by atoms with Gasteiger partial charge in [-0.15, -0.1) is 0 Å². The van der Waals surface area contributed by atoms with E-state index in [2.05, 4.69) is 20.9 Å². The van der Waals surface area contributed by atoms with Crippen LogP contribution in [0.2, 0.25) is 0 Å². The number of carboxylic acid groups (broad SMARTS) is 1. The van der Waals surface area contributed by atoms with E-state index < -0.39 is 54.0 Å². The molecule has 184 valence electrons. The van der Waals surface area contributed by atoms with Crippen molar-refractivity contribution >= 4 is 29.7 Å². The van der Waals surface area contributed by atoms with Crippen molar-refractivity contribution in [2.24, 2.45) is 28.1 Å². The minimum atomic E-state index is -1.34. The molecule has 0 heterocycles. The number of aliphatic hydroxyl groups is 1. The maximum atomic E-state index is 12.5. The van der Waals surface area contributed by atoms with Gasteiger partial charge >= 0.3 is 5.97 Å². The molecule has 13 nitrogen and oxygen atoms in total. The van der Waals surface area contributed by atoms with Gasteiger partial charge in [0.2, 0.25) is 17.7 Å². The molecule has 5 atom stereocenters. The predicted molar refractivity (Wildman–Crippen MR) is 118 cm³/mol. The number of hydrogen-bond donors (Lipinski definition) is 8. The predicted octanol–water partition coefficient (Wildman–Crippen LogP) is -2.65. The fourth-order valence-corrected chi connectivity index (χ4v) is 2.71. The maximum absolute atomic E-state index is 12.5. The highest BCUT2D eigenvalue weighted by atomic mass is 16.4. The van der Waals surface area contributed by atoms with Crippen molar-refractivity contribution in [3.8, 4) is 0 Å². The first-order valence-electron chi connectivity index (χ1n) is 10.4. The van der Waals surface area contributed by atoms with Crippen LogP contribution < -0.4 is 33.2 Å². The summed E-state index contributed by atoms with van der Waals surface area (Å²) in [6, 6.07) is -4.55. The summed E-state index contributed by atoms with van der Waals surface area (Å²) >= 11 is 0. The number of carbonyl (C=O) groups is 4. The highest BCUT2D eigenvalue weighted by Crippen LogP contribution is 2.04. The zero-order valence-electron chi connectivity index (χ0n) is 19.0. The lowest BCUT2D eigenvalue weighted by molar-refractivity contribution is -0.142. The Morgan fingerprint density at radius 1 is 0.938 bits per heavy atom. The Balaban J connectivity index is 4.93. The van der Waals surface area contributed by atoms with Gasteiger partial charge in [0.05, 0.1) is 12.1 Å². The van der Waals surface area contributed by atoms with E-state index in [0.717, 1.165) is 0 Å². The topological polar surface area (TPSA) is 235 Å². The second-order valence-corrected chi connectivity index (χ2v) is 8.04. The smallest absolute Gasteiger partial charge is 0.326 e. The van der Waals surface area contributed by atoms with E-state index in [9.17, 15) is 29.4 Å². The Bertz CT molecular complexity index is 679. The molecule has 13 heteroatoms. The van der Waals surface area contributed by atoms with Crippen molar-refractivity contribution in [1.29, 1.82) is 0 Å². The van der Waals surface area contributed by atoms with Crippen LogP contribution in [0, 0.1) is 5.92 Å². The second-order valence-electron chi connectivity index (χ2n) is 8.04. The van der Waals surface area contributed by atoms with Crippen LogP contribution in [0.15, 0.2) is 4.99 Å². The van der Waals surface area contributed by atoms with Crippen molar-refractivity contribution in [3.05, 3.63) is 0 Å². The molecule has 32 heavy (non-hydrogen) atoms. The van der Waals surface area contributed by atoms with Gasteiger partial charge in [-0.25, -0.2) is 4.79 Å². The Hall–Kier alpha value is -2.93. The number of amides is 3. The summed E-state index contributed by atoms with van der Waals surface area (Å²) in [6.45, 7) is 6.62. The van der Waals surface area contributed by atoms with Crippen LogP contribution >= 0.6 is 0 Å². The molecule has 0 spiro atoms. The summed E-state index contributed by atoms with van der Waals surface area (Å²) in [7, 11) is 0. The third-order valence-corrected chi connectivity index (χ3v) is 4.44. The lowest BCUT2D eigenvalue weighted by Crippen LogP contribution is -2.59. The Kier molecular flexibility index (Phi) is 12.9. The Labute approximate surface area is 187 Å². The molecule has 0 saturated carbocycles. The lowest BCUT2D eigenvalue weighted by Gasteiger charge is -2.25. The molecule has 3 amide bonds. The summed E-state index contributed by atoms with van der Waals surface area (Å²) in [5.74, 6) is -3.40. The third-order valence-electron chi connectivity index (χ3n) is 4.44. The molecule has 0 fully saturated rings. The van der Waals surface area contributed by atoms with Gasteiger partial charge in [-0.05, 0) is 39.0 Å². The number of hydrogen-bond acceptors (Lipinski definition) is 7. The van der Waals surface area contributed by atoms with E-state index in [4.69, 9.17) is 17.2 Å². The van der Waals surface area contributed by atoms with E-state index in [1.807, 2.05) is 13.8 Å². The number of aliphatic hydroxyl groups excluding tert-OH is 1. The first-order valence-corrected chi connectivity index (χ1v) is 10.4. The Morgan fingerprint density at radius 3 is 2.00 bits per heavy atom. The SMILES string of the molecule is CC(C)CC(N)C(=O)NC(C(=O)NC(C)C(=O)NC(CCCN=C(N)N)C(=O)O)C(C)O. The number of carboxylic acids is 1. The molecular weight excluding hydrogens is 422 g/mol. The van der Waals surface area contributed by atoms with Crippen LogP contribution in [0.5, 0.6) is 0 Å². The van der Waals surface area contributed by atoms with Gasteiger partial charge in [0.1, 0.15) is 18.1 Å². The largest absolute Gasteiger partial charge is 0.480 e. The number of carbonyl (C=O) groups excluding carboxylic acids is 3. The van der Waals surface area contributed by atoms with E-state index in [0.29, 0.717) is 12.8 Å². The minimum Gasteiger partial charge on any atom is -0.480 e. The van der Waals surface area contributed by atoms with Crippen molar-refractivity contribution in [1.82, 2.24) is 16.0 Å².